The van der Waals surface area contributed by atoms with Crippen LogP contribution in [0, 0.1) is 20.9 Å². The summed E-state index contributed by atoms with van der Waals surface area (Å²) in [7, 11) is 0. The third-order valence-corrected chi connectivity index (χ3v) is 10.8. The van der Waals surface area contributed by atoms with E-state index in [-0.39, 0.29) is 23.1 Å². The molecule has 238 valence electrons. The molecule has 4 unspecified atom stereocenters. The summed E-state index contributed by atoms with van der Waals surface area (Å²) in [5.74, 6) is -3.60. The van der Waals surface area contributed by atoms with Gasteiger partial charge in [-0.1, -0.05) is 66.2 Å². The number of carbonyl (C=O) groups is 2. The zero-order valence-electron chi connectivity index (χ0n) is 25.4. The number of nitrogens with zero attached hydrogens (tertiary/aromatic N) is 2. The summed E-state index contributed by atoms with van der Waals surface area (Å²) in [5.41, 5.74) is 5.14. The lowest BCUT2D eigenvalue weighted by atomic mass is 9.52. The minimum absolute atomic E-state index is 0.110. The Balaban J connectivity index is 1.49. The number of carboxylic acid groups (broad SMARTS) is 2. The van der Waals surface area contributed by atoms with E-state index in [9.17, 15) is 29.9 Å². The maximum absolute atomic E-state index is 13.4. The van der Waals surface area contributed by atoms with Crippen molar-refractivity contribution in [1.29, 1.82) is 0 Å². The first-order chi connectivity index (χ1) is 21.4. The van der Waals surface area contributed by atoms with E-state index in [2.05, 4.69) is 34.5 Å². The van der Waals surface area contributed by atoms with Crippen molar-refractivity contribution in [3.05, 3.63) is 111 Å². The zero-order chi connectivity index (χ0) is 32.6. The molecule has 5 N–H and O–H groups in total. The van der Waals surface area contributed by atoms with E-state index in [0.717, 1.165) is 12.8 Å². The van der Waals surface area contributed by atoms with Crippen LogP contribution in [0.4, 0.5) is 5.69 Å². The minimum Gasteiger partial charge on any atom is -0.481 e. The third kappa shape index (κ3) is 5.61. The van der Waals surface area contributed by atoms with Crippen LogP contribution in [-0.2, 0) is 15.0 Å². The Kier molecular flexibility index (Phi) is 9.06. The van der Waals surface area contributed by atoms with E-state index in [1.54, 1.807) is 13.0 Å². The summed E-state index contributed by atoms with van der Waals surface area (Å²) in [6, 6.07) is 23.2. The highest BCUT2D eigenvalue weighted by molar-refractivity contribution is 6.30. The van der Waals surface area contributed by atoms with Gasteiger partial charge in [0.05, 0.1) is 16.5 Å². The van der Waals surface area contributed by atoms with Crippen molar-refractivity contribution >= 4 is 29.2 Å². The van der Waals surface area contributed by atoms with Gasteiger partial charge in [-0.3, -0.25) is 25.0 Å². The van der Waals surface area contributed by atoms with E-state index in [0.29, 0.717) is 24.7 Å². The number of non-ortho nitro benzene ring substituents is 1. The molecule has 2 heterocycles. The summed E-state index contributed by atoms with van der Waals surface area (Å²) in [6.45, 7) is 4.90. The van der Waals surface area contributed by atoms with Crippen LogP contribution in [0.5, 0.6) is 0 Å². The molecule has 2 saturated heterocycles. The van der Waals surface area contributed by atoms with Gasteiger partial charge in [0.1, 0.15) is 5.41 Å². The lowest BCUT2D eigenvalue weighted by Crippen LogP contribution is -2.72. The molecule has 45 heavy (non-hydrogen) atoms. The first kappa shape index (κ1) is 32.6. The fourth-order valence-electron chi connectivity index (χ4n) is 7.82. The second-order valence-electron chi connectivity index (χ2n) is 12.6. The normalized spacial score (nSPS) is 28.3. The lowest BCUT2D eigenvalue weighted by Gasteiger charge is -2.56. The van der Waals surface area contributed by atoms with Gasteiger partial charge in [-0.2, -0.15) is 0 Å². The van der Waals surface area contributed by atoms with Crippen molar-refractivity contribution in [1.82, 2.24) is 10.2 Å². The predicted octanol–water partition coefficient (Wildman–Crippen LogP) is 5.24. The lowest BCUT2D eigenvalue weighted by molar-refractivity contribution is -0.385. The Hall–Kier alpha value is -3.83. The van der Waals surface area contributed by atoms with Crippen molar-refractivity contribution in [3.63, 3.8) is 0 Å². The Morgan fingerprint density at radius 2 is 1.62 bits per heavy atom. The van der Waals surface area contributed by atoms with Crippen molar-refractivity contribution in [3.8, 4) is 0 Å². The number of piperidine rings is 2. The summed E-state index contributed by atoms with van der Waals surface area (Å²) in [5, 5.41) is 36.9. The van der Waals surface area contributed by atoms with Gasteiger partial charge in [0.25, 0.3) is 5.69 Å². The number of aliphatic carboxylic acids is 2. The van der Waals surface area contributed by atoms with Crippen molar-refractivity contribution < 1.29 is 24.7 Å². The standard InChI is InChI=1S/C34H39ClN4O6/c1-22-34(31(42)43,28(32(2,30(40)41)29(36)37-22)23-7-6-10-27(21-23)39(44)45)17-20-38-18-15-33(16-19-38,24-8-4-3-5-9-24)25-11-13-26(35)14-12-25/h3-14,21-22,28-29,37H,15-20,36H2,1-2H3,(H,40,41)(H,42,43)/t22?,28?,29-,32?,34?/m1/s1. The number of nitro benzene ring substituents is 1. The molecule has 0 aromatic heterocycles. The Morgan fingerprint density at radius 3 is 2.20 bits per heavy atom. The largest absolute Gasteiger partial charge is 0.481 e. The molecule has 2 fully saturated rings. The molecule has 10 nitrogen and oxygen atoms in total. The second-order valence-corrected chi connectivity index (χ2v) is 13.1. The quantitative estimate of drug-likeness (QED) is 0.182. The summed E-state index contributed by atoms with van der Waals surface area (Å²) in [4.78, 5) is 39.7. The van der Waals surface area contributed by atoms with Crippen molar-refractivity contribution in [2.24, 2.45) is 16.6 Å². The SMILES string of the molecule is CC1N[C@@H](N)C(C)(C(=O)O)C(c2cccc([N+](=O)[O-])c2)C1(CCN1CCC(c2ccccc2)(c2ccc(Cl)cc2)CC1)C(=O)O. The molecule has 2 aliphatic heterocycles. The molecular weight excluding hydrogens is 596 g/mol. The molecule has 0 amide bonds. The first-order valence-corrected chi connectivity index (χ1v) is 15.5. The molecule has 0 spiro atoms. The smallest absolute Gasteiger partial charge is 0.312 e. The zero-order valence-corrected chi connectivity index (χ0v) is 26.1. The van der Waals surface area contributed by atoms with Gasteiger partial charge in [-0.25, -0.2) is 0 Å². The number of hydrogen-bond donors (Lipinski definition) is 4. The second kappa shape index (κ2) is 12.5. The van der Waals surface area contributed by atoms with Crippen molar-refractivity contribution in [2.45, 2.75) is 56.7 Å². The topological polar surface area (TPSA) is 159 Å². The number of likely N-dealkylation sites (tertiary alicyclic amines) is 1. The number of halogens is 1. The van der Waals surface area contributed by atoms with Crippen LogP contribution in [0.3, 0.4) is 0 Å². The molecule has 0 aliphatic carbocycles. The number of hydrogen-bond acceptors (Lipinski definition) is 7. The molecule has 5 rings (SSSR count). The van der Waals surface area contributed by atoms with Gasteiger partial charge in [0, 0.05) is 34.5 Å². The highest BCUT2D eigenvalue weighted by Gasteiger charge is 2.65. The van der Waals surface area contributed by atoms with Gasteiger partial charge < -0.3 is 20.8 Å². The van der Waals surface area contributed by atoms with Crippen molar-refractivity contribution in [2.75, 3.05) is 19.6 Å². The minimum atomic E-state index is -1.78. The number of benzene rings is 3. The Labute approximate surface area is 267 Å². The number of carboxylic acids is 2. The first-order valence-electron chi connectivity index (χ1n) is 15.1. The van der Waals surface area contributed by atoms with Crippen LogP contribution in [0.2, 0.25) is 5.02 Å². The summed E-state index contributed by atoms with van der Waals surface area (Å²) >= 11 is 6.22. The van der Waals surface area contributed by atoms with Gasteiger partial charge >= 0.3 is 11.9 Å². The van der Waals surface area contributed by atoms with Crippen LogP contribution in [0.25, 0.3) is 0 Å². The van der Waals surface area contributed by atoms with E-state index >= 15 is 0 Å². The Bertz CT molecular complexity index is 1560. The molecule has 0 saturated carbocycles. The number of rotatable bonds is 9. The fourth-order valence-corrected chi connectivity index (χ4v) is 7.95. The molecule has 0 radical (unpaired) electrons. The van der Waals surface area contributed by atoms with Crippen LogP contribution >= 0.6 is 11.6 Å². The maximum Gasteiger partial charge on any atom is 0.312 e. The van der Waals surface area contributed by atoms with E-state index in [1.807, 2.05) is 30.3 Å². The molecule has 2 aliphatic rings. The van der Waals surface area contributed by atoms with Crippen LogP contribution < -0.4 is 11.1 Å². The molecule has 11 heteroatoms. The molecule has 3 aromatic rings. The number of nitrogens with one attached hydrogen (secondary N) is 1. The third-order valence-electron chi connectivity index (χ3n) is 10.5. The van der Waals surface area contributed by atoms with Crippen LogP contribution in [0.1, 0.15) is 55.7 Å². The average molecular weight is 635 g/mol. The van der Waals surface area contributed by atoms with Gasteiger partial charge in [-0.15, -0.1) is 0 Å². The monoisotopic (exact) mass is 634 g/mol. The number of nitro groups is 1. The van der Waals surface area contributed by atoms with Crippen LogP contribution in [-0.4, -0.2) is 63.8 Å². The highest BCUT2D eigenvalue weighted by Crippen LogP contribution is 2.56. The average Bonchev–Trinajstić information content (AvgIpc) is 3.03. The van der Waals surface area contributed by atoms with E-state index < -0.39 is 45.8 Å². The van der Waals surface area contributed by atoms with E-state index in [4.69, 9.17) is 17.3 Å². The predicted molar refractivity (Wildman–Crippen MR) is 171 cm³/mol. The molecule has 0 bridgehead atoms. The number of nitrogens with two attached hydrogens (primary N) is 1. The molecule has 3 aromatic carbocycles. The maximum atomic E-state index is 13.4. The van der Waals surface area contributed by atoms with E-state index in [1.165, 1.54) is 36.2 Å². The van der Waals surface area contributed by atoms with Crippen LogP contribution in [0.15, 0.2) is 78.9 Å². The van der Waals surface area contributed by atoms with Gasteiger partial charge in [0.2, 0.25) is 0 Å². The Morgan fingerprint density at radius 1 is 1.00 bits per heavy atom. The fraction of sp³-hybridized carbons (Fsp3) is 0.412. The molecular formula is C34H39ClN4O6. The summed E-state index contributed by atoms with van der Waals surface area (Å²) < 4.78 is 0. The van der Waals surface area contributed by atoms with Gasteiger partial charge in [-0.05, 0) is 81.6 Å². The van der Waals surface area contributed by atoms with Gasteiger partial charge in [0.15, 0.2) is 0 Å². The molecule has 5 atom stereocenters. The highest BCUT2D eigenvalue weighted by atomic mass is 35.5. The summed E-state index contributed by atoms with van der Waals surface area (Å²) in [6.07, 6.45) is 0.595.